The second-order valence-corrected chi connectivity index (χ2v) is 2.98. The van der Waals surface area contributed by atoms with Crippen molar-refractivity contribution in [3.05, 3.63) is 18.2 Å². The van der Waals surface area contributed by atoms with Crippen LogP contribution in [-0.2, 0) is 9.53 Å². The summed E-state index contributed by atoms with van der Waals surface area (Å²) in [5, 5.41) is 2.97. The lowest BCUT2D eigenvalue weighted by Gasteiger charge is -2.11. The van der Waals surface area contributed by atoms with Crippen LogP contribution in [0, 0.1) is 0 Å². The number of ether oxygens (including phenoxy) is 3. The molecule has 0 aliphatic carbocycles. The summed E-state index contributed by atoms with van der Waals surface area (Å²) in [6, 6.07) is 5.37. The van der Waals surface area contributed by atoms with Gasteiger partial charge in [0, 0.05) is 18.8 Å². The van der Waals surface area contributed by atoms with Crippen LogP contribution in [0.15, 0.2) is 18.2 Å². The van der Waals surface area contributed by atoms with E-state index in [2.05, 4.69) is 10.1 Å². The molecule has 0 atom stereocenters. The third-order valence-corrected chi connectivity index (χ3v) is 2.03. The predicted octanol–water partition coefficient (Wildman–Crippen LogP) is 1.29. The van der Waals surface area contributed by atoms with Gasteiger partial charge < -0.3 is 19.5 Å². The van der Waals surface area contributed by atoms with E-state index in [1.54, 1.807) is 26.3 Å². The molecule has 0 saturated carbocycles. The fourth-order valence-corrected chi connectivity index (χ4v) is 1.14. The van der Waals surface area contributed by atoms with Crippen molar-refractivity contribution in [1.82, 2.24) is 0 Å². The Hall–Kier alpha value is -1.91. The Morgan fingerprint density at radius 1 is 1.31 bits per heavy atom. The van der Waals surface area contributed by atoms with Gasteiger partial charge in [-0.1, -0.05) is 0 Å². The lowest BCUT2D eigenvalue weighted by molar-refractivity contribution is -0.142. The van der Waals surface area contributed by atoms with Crippen LogP contribution in [0.1, 0.15) is 0 Å². The lowest BCUT2D eigenvalue weighted by Crippen LogP contribution is -2.13. The van der Waals surface area contributed by atoms with E-state index < -0.39 is 5.97 Å². The SMILES string of the molecule is CNc1ccc(OC)c(OCC(=O)OC)c1. The Morgan fingerprint density at radius 2 is 2.06 bits per heavy atom. The van der Waals surface area contributed by atoms with Crippen molar-refractivity contribution in [3.8, 4) is 11.5 Å². The Bertz CT molecular complexity index is 365. The zero-order valence-corrected chi connectivity index (χ0v) is 9.57. The van der Waals surface area contributed by atoms with Crippen LogP contribution in [0.3, 0.4) is 0 Å². The van der Waals surface area contributed by atoms with Crippen LogP contribution < -0.4 is 14.8 Å². The highest BCUT2D eigenvalue weighted by Crippen LogP contribution is 2.29. The van der Waals surface area contributed by atoms with Crippen molar-refractivity contribution in [2.45, 2.75) is 0 Å². The molecule has 16 heavy (non-hydrogen) atoms. The molecule has 0 aromatic heterocycles. The highest BCUT2D eigenvalue weighted by Gasteiger charge is 2.08. The number of esters is 1. The number of nitrogens with one attached hydrogen (secondary N) is 1. The number of carbonyl (C=O) groups is 1. The van der Waals surface area contributed by atoms with E-state index in [9.17, 15) is 4.79 Å². The minimum Gasteiger partial charge on any atom is -0.493 e. The Labute approximate surface area is 94.3 Å². The van der Waals surface area contributed by atoms with Gasteiger partial charge in [-0.25, -0.2) is 4.79 Å². The summed E-state index contributed by atoms with van der Waals surface area (Å²) in [7, 11) is 4.65. The van der Waals surface area contributed by atoms with Crippen LogP contribution in [0.2, 0.25) is 0 Å². The van der Waals surface area contributed by atoms with E-state index in [0.717, 1.165) is 5.69 Å². The highest BCUT2D eigenvalue weighted by atomic mass is 16.6. The second kappa shape index (κ2) is 5.85. The number of hydrogen-bond donors (Lipinski definition) is 1. The highest BCUT2D eigenvalue weighted by molar-refractivity contribution is 5.71. The first-order valence-corrected chi connectivity index (χ1v) is 4.76. The smallest absolute Gasteiger partial charge is 0.343 e. The molecule has 5 nitrogen and oxygen atoms in total. The standard InChI is InChI=1S/C11H15NO4/c1-12-8-4-5-9(14-2)10(6-8)16-7-11(13)15-3/h4-6,12H,7H2,1-3H3. The van der Waals surface area contributed by atoms with Gasteiger partial charge in [-0.15, -0.1) is 0 Å². The summed E-state index contributed by atoms with van der Waals surface area (Å²) >= 11 is 0. The van der Waals surface area contributed by atoms with Gasteiger partial charge in [-0.3, -0.25) is 0 Å². The van der Waals surface area contributed by atoms with Gasteiger partial charge in [0.25, 0.3) is 0 Å². The average Bonchev–Trinajstić information content (AvgIpc) is 2.35. The topological polar surface area (TPSA) is 56.8 Å². The summed E-state index contributed by atoms with van der Waals surface area (Å²) in [5.41, 5.74) is 0.876. The number of rotatable bonds is 5. The van der Waals surface area contributed by atoms with E-state index in [4.69, 9.17) is 9.47 Å². The molecule has 0 fully saturated rings. The number of benzene rings is 1. The molecule has 1 rings (SSSR count). The summed E-state index contributed by atoms with van der Waals surface area (Å²) in [6.45, 7) is -0.139. The van der Waals surface area contributed by atoms with Crippen LogP contribution in [0.5, 0.6) is 11.5 Å². The number of methoxy groups -OCH3 is 2. The first-order valence-electron chi connectivity index (χ1n) is 4.76. The Morgan fingerprint density at radius 3 is 2.62 bits per heavy atom. The summed E-state index contributed by atoms with van der Waals surface area (Å²) in [6.07, 6.45) is 0. The van der Waals surface area contributed by atoms with Crippen LogP contribution in [0.25, 0.3) is 0 Å². The van der Waals surface area contributed by atoms with Gasteiger partial charge in [-0.2, -0.15) is 0 Å². The van der Waals surface area contributed by atoms with E-state index >= 15 is 0 Å². The van der Waals surface area contributed by atoms with Gasteiger partial charge in [0.1, 0.15) is 0 Å². The molecule has 0 heterocycles. The fraction of sp³-hybridized carbons (Fsp3) is 0.364. The molecule has 0 aliphatic rings. The van der Waals surface area contributed by atoms with E-state index in [-0.39, 0.29) is 6.61 Å². The van der Waals surface area contributed by atoms with Gasteiger partial charge >= 0.3 is 5.97 Å². The van der Waals surface area contributed by atoms with Gasteiger partial charge in [-0.05, 0) is 12.1 Å². The van der Waals surface area contributed by atoms with Gasteiger partial charge in [0.05, 0.1) is 14.2 Å². The lowest BCUT2D eigenvalue weighted by atomic mass is 10.3. The van der Waals surface area contributed by atoms with Crippen LogP contribution in [0.4, 0.5) is 5.69 Å². The second-order valence-electron chi connectivity index (χ2n) is 2.98. The maximum atomic E-state index is 10.9. The monoisotopic (exact) mass is 225 g/mol. The average molecular weight is 225 g/mol. The minimum absolute atomic E-state index is 0.139. The van der Waals surface area contributed by atoms with Crippen molar-refractivity contribution in [3.63, 3.8) is 0 Å². The maximum Gasteiger partial charge on any atom is 0.343 e. The molecule has 0 bridgehead atoms. The first kappa shape index (κ1) is 12.2. The molecule has 0 unspecified atom stereocenters. The molecular weight excluding hydrogens is 210 g/mol. The number of hydrogen-bond acceptors (Lipinski definition) is 5. The van der Waals surface area contributed by atoms with Crippen molar-refractivity contribution < 1.29 is 19.0 Å². The van der Waals surface area contributed by atoms with E-state index in [1.165, 1.54) is 7.11 Å². The molecule has 1 aromatic carbocycles. The zero-order chi connectivity index (χ0) is 12.0. The maximum absolute atomic E-state index is 10.9. The minimum atomic E-state index is -0.433. The van der Waals surface area contributed by atoms with Crippen molar-refractivity contribution in [2.75, 3.05) is 33.2 Å². The molecule has 1 N–H and O–H groups in total. The van der Waals surface area contributed by atoms with Gasteiger partial charge in [0.15, 0.2) is 18.1 Å². The third-order valence-electron chi connectivity index (χ3n) is 2.03. The summed E-state index contributed by atoms with van der Waals surface area (Å²) in [5.74, 6) is 0.638. The van der Waals surface area contributed by atoms with Crippen LogP contribution >= 0.6 is 0 Å². The number of carbonyl (C=O) groups excluding carboxylic acids is 1. The quantitative estimate of drug-likeness (QED) is 0.765. The Kier molecular flexibility index (Phi) is 4.44. The van der Waals surface area contributed by atoms with Crippen molar-refractivity contribution in [1.29, 1.82) is 0 Å². The van der Waals surface area contributed by atoms with E-state index in [1.807, 2.05) is 6.07 Å². The number of anilines is 1. The molecule has 0 amide bonds. The molecule has 0 spiro atoms. The summed E-state index contributed by atoms with van der Waals surface area (Å²) in [4.78, 5) is 10.9. The van der Waals surface area contributed by atoms with Crippen molar-refractivity contribution in [2.24, 2.45) is 0 Å². The molecule has 0 saturated heterocycles. The fourth-order valence-electron chi connectivity index (χ4n) is 1.14. The Balaban J connectivity index is 2.78. The molecule has 0 aliphatic heterocycles. The molecule has 0 radical (unpaired) electrons. The molecule has 1 aromatic rings. The molecule has 88 valence electrons. The normalized spacial score (nSPS) is 9.44. The van der Waals surface area contributed by atoms with Gasteiger partial charge in [0.2, 0.25) is 0 Å². The van der Waals surface area contributed by atoms with E-state index in [0.29, 0.717) is 11.5 Å². The molecular formula is C11H15NO4. The summed E-state index contributed by atoms with van der Waals surface area (Å²) < 4.78 is 14.9. The predicted molar refractivity (Wildman–Crippen MR) is 60.1 cm³/mol. The third kappa shape index (κ3) is 3.05. The zero-order valence-electron chi connectivity index (χ0n) is 9.57. The largest absolute Gasteiger partial charge is 0.493 e. The van der Waals surface area contributed by atoms with Crippen molar-refractivity contribution >= 4 is 11.7 Å². The molecule has 5 heteroatoms. The first-order chi connectivity index (χ1) is 7.71. The van der Waals surface area contributed by atoms with Crippen LogP contribution in [-0.4, -0.2) is 33.8 Å².